The van der Waals surface area contributed by atoms with Gasteiger partial charge in [-0.3, -0.25) is 9.97 Å². The van der Waals surface area contributed by atoms with Gasteiger partial charge in [0, 0.05) is 18.6 Å². The molecule has 7 heteroatoms. The number of hydrogen-bond donors (Lipinski definition) is 1. The summed E-state index contributed by atoms with van der Waals surface area (Å²) in [6.07, 6.45) is 5.72. The van der Waals surface area contributed by atoms with Gasteiger partial charge in [-0.25, -0.2) is 4.98 Å². The topological polar surface area (TPSA) is 59.9 Å². The van der Waals surface area contributed by atoms with Gasteiger partial charge in [0.05, 0.1) is 28.9 Å². The maximum atomic E-state index is 6.27. The standard InChI is InChI=1S/C14H16Cl2N4O/c1-3-4-17-12(11-10(16)7-9(15)8-20-11)13-14(21-2)19-6-5-18-13/h5-8,12,17H,3-4H2,1-2H3. The highest BCUT2D eigenvalue weighted by atomic mass is 35.5. The molecule has 0 bridgehead atoms. The van der Waals surface area contributed by atoms with Crippen molar-refractivity contribution in [2.24, 2.45) is 0 Å². The highest BCUT2D eigenvalue weighted by molar-refractivity contribution is 6.34. The second kappa shape index (κ2) is 7.54. The molecule has 0 saturated carbocycles. The third kappa shape index (κ3) is 3.81. The minimum Gasteiger partial charge on any atom is -0.480 e. The molecule has 0 fully saturated rings. The predicted octanol–water partition coefficient (Wildman–Crippen LogP) is 3.28. The molecule has 21 heavy (non-hydrogen) atoms. The molecule has 2 aromatic heterocycles. The lowest BCUT2D eigenvalue weighted by atomic mass is 10.1. The van der Waals surface area contributed by atoms with Crippen molar-refractivity contribution in [3.63, 3.8) is 0 Å². The van der Waals surface area contributed by atoms with Crippen LogP contribution in [-0.2, 0) is 0 Å². The normalized spacial score (nSPS) is 12.2. The highest BCUT2D eigenvalue weighted by Gasteiger charge is 2.23. The van der Waals surface area contributed by atoms with E-state index in [1.807, 2.05) is 0 Å². The summed E-state index contributed by atoms with van der Waals surface area (Å²) in [5.74, 6) is 0.443. The fourth-order valence-electron chi connectivity index (χ4n) is 1.94. The second-order valence-corrected chi connectivity index (χ2v) is 5.20. The second-order valence-electron chi connectivity index (χ2n) is 4.36. The lowest BCUT2D eigenvalue weighted by Gasteiger charge is -2.20. The first-order valence-corrected chi connectivity index (χ1v) is 7.32. The van der Waals surface area contributed by atoms with Crippen LogP contribution < -0.4 is 10.1 Å². The number of hydrogen-bond acceptors (Lipinski definition) is 5. The Bertz CT molecular complexity index is 609. The van der Waals surface area contributed by atoms with E-state index in [1.54, 1.807) is 31.8 Å². The Labute approximate surface area is 133 Å². The number of ether oxygens (including phenoxy) is 1. The lowest BCUT2D eigenvalue weighted by Crippen LogP contribution is -2.26. The van der Waals surface area contributed by atoms with Crippen molar-refractivity contribution in [2.45, 2.75) is 19.4 Å². The summed E-state index contributed by atoms with van der Waals surface area (Å²) in [4.78, 5) is 12.9. The average Bonchev–Trinajstić information content (AvgIpc) is 2.49. The van der Waals surface area contributed by atoms with Crippen LogP contribution >= 0.6 is 23.2 Å². The van der Waals surface area contributed by atoms with Crippen molar-refractivity contribution in [2.75, 3.05) is 13.7 Å². The summed E-state index contributed by atoms with van der Waals surface area (Å²) < 4.78 is 5.28. The van der Waals surface area contributed by atoms with E-state index in [1.165, 1.54) is 0 Å². The van der Waals surface area contributed by atoms with Gasteiger partial charge in [0.2, 0.25) is 5.88 Å². The van der Waals surface area contributed by atoms with Crippen LogP contribution in [-0.4, -0.2) is 28.6 Å². The van der Waals surface area contributed by atoms with Crippen molar-refractivity contribution in [1.29, 1.82) is 0 Å². The molecule has 1 unspecified atom stereocenters. The summed E-state index contributed by atoms with van der Waals surface area (Å²) in [6.45, 7) is 2.86. The van der Waals surface area contributed by atoms with Gasteiger partial charge < -0.3 is 10.1 Å². The van der Waals surface area contributed by atoms with Crippen LogP contribution in [0.1, 0.15) is 30.8 Å². The molecule has 0 radical (unpaired) electrons. The third-order valence-electron chi connectivity index (χ3n) is 2.87. The Hall–Kier alpha value is -1.43. The third-order valence-corrected chi connectivity index (χ3v) is 3.38. The van der Waals surface area contributed by atoms with E-state index in [0.29, 0.717) is 27.3 Å². The Morgan fingerprint density at radius 3 is 2.62 bits per heavy atom. The van der Waals surface area contributed by atoms with Gasteiger partial charge in [0.1, 0.15) is 5.69 Å². The van der Waals surface area contributed by atoms with Crippen LogP contribution in [0.25, 0.3) is 0 Å². The van der Waals surface area contributed by atoms with Crippen molar-refractivity contribution < 1.29 is 4.74 Å². The van der Waals surface area contributed by atoms with Crippen molar-refractivity contribution >= 4 is 23.2 Å². The van der Waals surface area contributed by atoms with E-state index in [2.05, 4.69) is 27.2 Å². The molecule has 0 spiro atoms. The number of rotatable bonds is 6. The summed E-state index contributed by atoms with van der Waals surface area (Å²) >= 11 is 12.2. The van der Waals surface area contributed by atoms with Gasteiger partial charge in [0.15, 0.2) is 0 Å². The molecule has 112 valence electrons. The van der Waals surface area contributed by atoms with Gasteiger partial charge in [-0.1, -0.05) is 30.1 Å². The molecule has 5 nitrogen and oxygen atoms in total. The van der Waals surface area contributed by atoms with Crippen LogP contribution in [0, 0.1) is 0 Å². The van der Waals surface area contributed by atoms with Crippen LogP contribution in [0.15, 0.2) is 24.7 Å². The number of aromatic nitrogens is 3. The van der Waals surface area contributed by atoms with Gasteiger partial charge in [-0.15, -0.1) is 0 Å². The Morgan fingerprint density at radius 1 is 1.19 bits per heavy atom. The summed E-state index contributed by atoms with van der Waals surface area (Å²) in [6, 6.07) is 1.35. The van der Waals surface area contributed by atoms with Crippen molar-refractivity contribution in [3.05, 3.63) is 46.1 Å². The maximum absolute atomic E-state index is 6.27. The number of nitrogens with zero attached hydrogens (tertiary/aromatic N) is 3. The molecular weight excluding hydrogens is 311 g/mol. The monoisotopic (exact) mass is 326 g/mol. The molecule has 2 aromatic rings. The van der Waals surface area contributed by atoms with E-state index in [-0.39, 0.29) is 6.04 Å². The lowest BCUT2D eigenvalue weighted by molar-refractivity contribution is 0.382. The highest BCUT2D eigenvalue weighted by Crippen LogP contribution is 2.30. The first kappa shape index (κ1) is 15.9. The van der Waals surface area contributed by atoms with Gasteiger partial charge in [-0.05, 0) is 19.0 Å². The van der Waals surface area contributed by atoms with Gasteiger partial charge >= 0.3 is 0 Å². The quantitative estimate of drug-likeness (QED) is 0.882. The van der Waals surface area contributed by atoms with E-state index in [9.17, 15) is 0 Å². The van der Waals surface area contributed by atoms with Crippen molar-refractivity contribution in [3.8, 4) is 5.88 Å². The Kier molecular flexibility index (Phi) is 5.73. The molecule has 2 rings (SSSR count). The summed E-state index contributed by atoms with van der Waals surface area (Å²) in [5.41, 5.74) is 1.29. The first-order valence-electron chi connectivity index (χ1n) is 6.56. The fraction of sp³-hybridized carbons (Fsp3) is 0.357. The molecule has 1 atom stereocenters. The van der Waals surface area contributed by atoms with Crippen LogP contribution in [0.2, 0.25) is 10.0 Å². The SMILES string of the molecule is CCCNC(c1ncc(Cl)cc1Cl)c1nccnc1OC. The molecule has 0 aliphatic heterocycles. The average molecular weight is 327 g/mol. The van der Waals surface area contributed by atoms with Crippen LogP contribution in [0.3, 0.4) is 0 Å². The Balaban J connectivity index is 2.47. The molecule has 0 amide bonds. The van der Waals surface area contributed by atoms with Crippen LogP contribution in [0.4, 0.5) is 0 Å². The van der Waals surface area contributed by atoms with Gasteiger partial charge in [-0.2, -0.15) is 0 Å². The Morgan fingerprint density at radius 2 is 1.95 bits per heavy atom. The van der Waals surface area contributed by atoms with Gasteiger partial charge in [0.25, 0.3) is 0 Å². The fourth-order valence-corrected chi connectivity index (χ4v) is 2.43. The van der Waals surface area contributed by atoms with E-state index in [0.717, 1.165) is 13.0 Å². The zero-order valence-corrected chi connectivity index (χ0v) is 13.3. The molecule has 0 saturated heterocycles. The first-order chi connectivity index (χ1) is 10.2. The molecule has 0 aromatic carbocycles. The van der Waals surface area contributed by atoms with E-state index >= 15 is 0 Å². The van der Waals surface area contributed by atoms with E-state index < -0.39 is 0 Å². The number of nitrogens with one attached hydrogen (secondary N) is 1. The summed E-state index contributed by atoms with van der Waals surface area (Å²) in [7, 11) is 1.56. The molecule has 2 heterocycles. The maximum Gasteiger partial charge on any atom is 0.237 e. The largest absolute Gasteiger partial charge is 0.480 e. The molecular formula is C14H16Cl2N4O. The zero-order valence-electron chi connectivity index (χ0n) is 11.8. The summed E-state index contributed by atoms with van der Waals surface area (Å²) in [5, 5.41) is 4.33. The molecule has 1 N–H and O–H groups in total. The minimum atomic E-state index is -0.307. The molecule has 0 aliphatic carbocycles. The van der Waals surface area contributed by atoms with E-state index in [4.69, 9.17) is 27.9 Å². The molecule has 0 aliphatic rings. The smallest absolute Gasteiger partial charge is 0.237 e. The predicted molar refractivity (Wildman–Crippen MR) is 83.0 cm³/mol. The minimum absolute atomic E-state index is 0.307. The van der Waals surface area contributed by atoms with Crippen molar-refractivity contribution in [1.82, 2.24) is 20.3 Å². The number of methoxy groups -OCH3 is 1. The number of pyridine rings is 1. The van der Waals surface area contributed by atoms with Crippen LogP contribution in [0.5, 0.6) is 5.88 Å². The number of halogens is 2. The zero-order chi connectivity index (χ0) is 15.2.